The first-order valence-corrected chi connectivity index (χ1v) is 4.93. The average molecular weight is 221 g/mol. The molecule has 0 saturated carbocycles. The van der Waals surface area contributed by atoms with Crippen molar-refractivity contribution in [2.45, 2.75) is 26.4 Å². The minimum Gasteiger partial charge on any atom is -0.390 e. The Morgan fingerprint density at radius 1 is 1.31 bits per heavy atom. The average Bonchev–Trinajstić information content (AvgIpc) is 2.57. The number of carbonyl (C=O) groups is 2. The van der Waals surface area contributed by atoms with E-state index < -0.39 is 0 Å². The Morgan fingerprint density at radius 2 is 1.94 bits per heavy atom. The minimum atomic E-state index is -0.292. The normalized spacial score (nSPS) is 16.0. The molecule has 0 unspecified atom stereocenters. The third kappa shape index (κ3) is 1.79. The molecule has 2 rings (SSSR count). The van der Waals surface area contributed by atoms with Crippen LogP contribution in [0.3, 0.4) is 0 Å². The third-order valence-electron chi connectivity index (χ3n) is 2.31. The van der Waals surface area contributed by atoms with Gasteiger partial charge in [0, 0.05) is 18.5 Å². The summed E-state index contributed by atoms with van der Waals surface area (Å²) in [6.07, 6.45) is 0.398. The van der Waals surface area contributed by atoms with Gasteiger partial charge in [-0.3, -0.25) is 9.59 Å². The van der Waals surface area contributed by atoms with Crippen molar-refractivity contribution in [1.29, 1.82) is 0 Å². The summed E-state index contributed by atoms with van der Waals surface area (Å²) in [6, 6.07) is 1.61. The van der Waals surface area contributed by atoms with E-state index in [1.54, 1.807) is 13.0 Å². The molecule has 0 aromatic carbocycles. The molecular formula is C10H11N3O3. The van der Waals surface area contributed by atoms with Crippen molar-refractivity contribution >= 4 is 17.8 Å². The molecule has 0 bridgehead atoms. The molecule has 1 N–H and O–H groups in total. The fraction of sp³-hybridized carbons (Fsp3) is 0.400. The second kappa shape index (κ2) is 3.97. The van der Waals surface area contributed by atoms with Gasteiger partial charge in [-0.15, -0.1) is 0 Å². The Balaban J connectivity index is 2.43. The highest BCUT2D eigenvalue weighted by molar-refractivity contribution is 6.18. The lowest BCUT2D eigenvalue weighted by atomic mass is 10.3. The van der Waals surface area contributed by atoms with Crippen molar-refractivity contribution in [3.63, 3.8) is 0 Å². The molecule has 1 aliphatic rings. The predicted molar refractivity (Wildman–Crippen MR) is 54.4 cm³/mol. The summed E-state index contributed by atoms with van der Waals surface area (Å²) in [7, 11) is 0. The standard InChI is InChI=1S/C10H11N3O3/c1-6-4-7(5-14)12-10(11-6)13-8(15)2-3-9(13)16/h4,14H,2-3,5H2,1H3. The van der Waals surface area contributed by atoms with Gasteiger partial charge in [0.25, 0.3) is 0 Å². The minimum absolute atomic E-state index is 0.0663. The van der Waals surface area contributed by atoms with Gasteiger partial charge in [-0.1, -0.05) is 0 Å². The number of aromatic nitrogens is 2. The topological polar surface area (TPSA) is 83.4 Å². The lowest BCUT2D eigenvalue weighted by Crippen LogP contribution is -2.30. The molecule has 1 saturated heterocycles. The van der Waals surface area contributed by atoms with E-state index in [9.17, 15) is 9.59 Å². The molecule has 1 fully saturated rings. The van der Waals surface area contributed by atoms with Crippen molar-refractivity contribution in [1.82, 2.24) is 9.97 Å². The lowest BCUT2D eigenvalue weighted by Gasteiger charge is -2.12. The largest absolute Gasteiger partial charge is 0.390 e. The van der Waals surface area contributed by atoms with Gasteiger partial charge in [0.15, 0.2) is 0 Å². The molecule has 1 aromatic rings. The number of rotatable bonds is 2. The number of carbonyl (C=O) groups excluding carboxylic acids is 2. The van der Waals surface area contributed by atoms with Gasteiger partial charge in [0.05, 0.1) is 12.3 Å². The Labute approximate surface area is 91.9 Å². The Bertz CT molecular complexity index is 443. The van der Waals surface area contributed by atoms with Gasteiger partial charge in [0.2, 0.25) is 17.8 Å². The van der Waals surface area contributed by atoms with Crippen molar-refractivity contribution in [3.8, 4) is 0 Å². The van der Waals surface area contributed by atoms with Crippen LogP contribution in [0.25, 0.3) is 0 Å². The van der Waals surface area contributed by atoms with Gasteiger partial charge in [-0.25, -0.2) is 14.9 Å². The fourth-order valence-electron chi connectivity index (χ4n) is 1.60. The zero-order valence-electron chi connectivity index (χ0n) is 8.80. The first-order chi connectivity index (χ1) is 7.61. The summed E-state index contributed by atoms with van der Waals surface area (Å²) >= 11 is 0. The molecule has 2 heterocycles. The second-order valence-corrected chi connectivity index (χ2v) is 3.58. The molecule has 6 heteroatoms. The highest BCUT2D eigenvalue weighted by Crippen LogP contribution is 2.19. The summed E-state index contributed by atoms with van der Waals surface area (Å²) in [5.74, 6) is -0.518. The molecule has 1 aliphatic heterocycles. The van der Waals surface area contributed by atoms with E-state index >= 15 is 0 Å². The summed E-state index contributed by atoms with van der Waals surface area (Å²) in [4.78, 5) is 31.9. The maximum absolute atomic E-state index is 11.5. The highest BCUT2D eigenvalue weighted by Gasteiger charge is 2.32. The monoisotopic (exact) mass is 221 g/mol. The maximum atomic E-state index is 11.5. The van der Waals surface area contributed by atoms with Crippen LogP contribution >= 0.6 is 0 Å². The van der Waals surface area contributed by atoms with E-state index in [2.05, 4.69) is 9.97 Å². The first kappa shape index (κ1) is 10.7. The smallest absolute Gasteiger partial charge is 0.239 e. The van der Waals surface area contributed by atoms with Gasteiger partial charge >= 0.3 is 0 Å². The summed E-state index contributed by atoms with van der Waals surface area (Å²) in [5, 5.41) is 8.98. The van der Waals surface area contributed by atoms with Crippen LogP contribution < -0.4 is 4.90 Å². The number of hydrogen-bond acceptors (Lipinski definition) is 5. The first-order valence-electron chi connectivity index (χ1n) is 4.93. The van der Waals surface area contributed by atoms with Crippen LogP contribution in [0.4, 0.5) is 5.95 Å². The summed E-state index contributed by atoms with van der Waals surface area (Å²) in [6.45, 7) is 1.47. The SMILES string of the molecule is Cc1cc(CO)nc(N2C(=O)CCC2=O)n1. The molecule has 1 aromatic heterocycles. The van der Waals surface area contributed by atoms with Crippen molar-refractivity contribution in [2.75, 3.05) is 4.90 Å². The predicted octanol–water partition coefficient (Wildman–Crippen LogP) is -0.0693. The zero-order valence-corrected chi connectivity index (χ0v) is 8.80. The lowest BCUT2D eigenvalue weighted by molar-refractivity contribution is -0.121. The van der Waals surface area contributed by atoms with Crippen LogP contribution in [0.2, 0.25) is 0 Å². The molecule has 2 amide bonds. The van der Waals surface area contributed by atoms with E-state index in [1.807, 2.05) is 0 Å². The number of hydrogen-bond donors (Lipinski definition) is 1. The molecule has 16 heavy (non-hydrogen) atoms. The molecular weight excluding hydrogens is 210 g/mol. The highest BCUT2D eigenvalue weighted by atomic mass is 16.3. The van der Waals surface area contributed by atoms with Crippen LogP contribution in [-0.2, 0) is 16.2 Å². The van der Waals surface area contributed by atoms with Crippen LogP contribution in [0, 0.1) is 6.92 Å². The summed E-state index contributed by atoms with van der Waals surface area (Å²) < 4.78 is 0. The van der Waals surface area contributed by atoms with Gasteiger partial charge in [-0.05, 0) is 13.0 Å². The number of aliphatic hydroxyl groups excluding tert-OH is 1. The van der Waals surface area contributed by atoms with Gasteiger partial charge in [-0.2, -0.15) is 0 Å². The van der Waals surface area contributed by atoms with E-state index in [1.165, 1.54) is 0 Å². The molecule has 0 spiro atoms. The van der Waals surface area contributed by atoms with Crippen molar-refractivity contribution < 1.29 is 14.7 Å². The van der Waals surface area contributed by atoms with E-state index in [0.717, 1.165) is 4.90 Å². The number of imide groups is 1. The van der Waals surface area contributed by atoms with E-state index in [-0.39, 0.29) is 37.2 Å². The van der Waals surface area contributed by atoms with E-state index in [0.29, 0.717) is 11.4 Å². The van der Waals surface area contributed by atoms with Crippen LogP contribution in [-0.4, -0.2) is 26.9 Å². The molecule has 0 atom stereocenters. The summed E-state index contributed by atoms with van der Waals surface area (Å²) in [5.41, 5.74) is 1.01. The van der Waals surface area contributed by atoms with Crippen LogP contribution in [0.15, 0.2) is 6.07 Å². The zero-order chi connectivity index (χ0) is 11.7. The number of aliphatic hydroxyl groups is 1. The number of anilines is 1. The Kier molecular flexibility index (Phi) is 2.66. The Morgan fingerprint density at radius 3 is 2.50 bits per heavy atom. The molecule has 6 nitrogen and oxygen atoms in total. The molecule has 0 aliphatic carbocycles. The van der Waals surface area contributed by atoms with Crippen molar-refractivity contribution in [2.24, 2.45) is 0 Å². The quantitative estimate of drug-likeness (QED) is 0.707. The second-order valence-electron chi connectivity index (χ2n) is 3.58. The number of amides is 2. The van der Waals surface area contributed by atoms with Gasteiger partial charge in [0.1, 0.15) is 0 Å². The van der Waals surface area contributed by atoms with Crippen LogP contribution in [0.1, 0.15) is 24.2 Å². The third-order valence-corrected chi connectivity index (χ3v) is 2.31. The van der Waals surface area contributed by atoms with E-state index in [4.69, 9.17) is 5.11 Å². The number of nitrogens with zero attached hydrogens (tertiary/aromatic N) is 3. The fourth-order valence-corrected chi connectivity index (χ4v) is 1.60. The van der Waals surface area contributed by atoms with Crippen LogP contribution in [0.5, 0.6) is 0 Å². The van der Waals surface area contributed by atoms with Crippen molar-refractivity contribution in [3.05, 3.63) is 17.5 Å². The molecule has 0 radical (unpaired) electrons. The maximum Gasteiger partial charge on any atom is 0.239 e. The number of aryl methyl sites for hydroxylation is 1. The van der Waals surface area contributed by atoms with Gasteiger partial charge < -0.3 is 5.11 Å². The Hall–Kier alpha value is -1.82. The molecule has 84 valence electrons.